The summed E-state index contributed by atoms with van der Waals surface area (Å²) in [4.78, 5) is 23.4. The van der Waals surface area contributed by atoms with Crippen LogP contribution in [0.1, 0.15) is 23.4 Å². The quantitative estimate of drug-likeness (QED) is 0.775. The SMILES string of the molecule is O=c1cc(CN2CCCc3ncccc3C2)nc2cc[nH]n12. The first-order chi connectivity index (χ1) is 10.8. The summed E-state index contributed by atoms with van der Waals surface area (Å²) in [6.07, 6.45) is 5.67. The van der Waals surface area contributed by atoms with Crippen LogP contribution in [0.15, 0.2) is 41.5 Å². The maximum Gasteiger partial charge on any atom is 0.272 e. The fraction of sp³-hybridized carbons (Fsp3) is 0.312. The predicted molar refractivity (Wildman–Crippen MR) is 82.5 cm³/mol. The molecule has 1 N–H and O–H groups in total. The van der Waals surface area contributed by atoms with Crippen molar-refractivity contribution in [1.82, 2.24) is 24.5 Å². The van der Waals surface area contributed by atoms with Crippen molar-refractivity contribution in [1.29, 1.82) is 0 Å². The van der Waals surface area contributed by atoms with E-state index in [0.717, 1.165) is 31.6 Å². The van der Waals surface area contributed by atoms with Gasteiger partial charge < -0.3 is 0 Å². The third-order valence-corrected chi connectivity index (χ3v) is 4.09. The lowest BCUT2D eigenvalue weighted by atomic mass is 10.1. The molecule has 1 aliphatic rings. The molecular formula is C16H17N5O. The van der Waals surface area contributed by atoms with Crippen molar-refractivity contribution in [3.63, 3.8) is 0 Å². The van der Waals surface area contributed by atoms with E-state index in [1.165, 1.54) is 15.8 Å². The smallest absolute Gasteiger partial charge is 0.272 e. The molecule has 0 radical (unpaired) electrons. The van der Waals surface area contributed by atoms with Crippen LogP contribution in [0.3, 0.4) is 0 Å². The van der Waals surface area contributed by atoms with Gasteiger partial charge in [-0.1, -0.05) is 6.07 Å². The molecule has 0 saturated heterocycles. The Morgan fingerprint density at radius 2 is 2.27 bits per heavy atom. The van der Waals surface area contributed by atoms with Crippen molar-refractivity contribution in [2.45, 2.75) is 25.9 Å². The van der Waals surface area contributed by atoms with Gasteiger partial charge in [-0.3, -0.25) is 19.8 Å². The van der Waals surface area contributed by atoms with Crippen LogP contribution in [0, 0.1) is 0 Å². The molecule has 0 aliphatic carbocycles. The molecule has 0 fully saturated rings. The molecule has 3 aromatic heterocycles. The summed E-state index contributed by atoms with van der Waals surface area (Å²) in [7, 11) is 0. The minimum Gasteiger partial charge on any atom is -0.297 e. The Labute approximate surface area is 127 Å². The Morgan fingerprint density at radius 3 is 3.23 bits per heavy atom. The lowest BCUT2D eigenvalue weighted by molar-refractivity contribution is 0.258. The first kappa shape index (κ1) is 13.2. The maximum atomic E-state index is 12.0. The number of nitrogens with one attached hydrogen (secondary N) is 1. The van der Waals surface area contributed by atoms with Crippen LogP contribution in [-0.2, 0) is 19.5 Å². The molecule has 0 atom stereocenters. The number of nitrogens with zero attached hydrogens (tertiary/aromatic N) is 4. The van der Waals surface area contributed by atoms with Crippen LogP contribution in [0.2, 0.25) is 0 Å². The number of aryl methyl sites for hydroxylation is 1. The van der Waals surface area contributed by atoms with Gasteiger partial charge in [0.2, 0.25) is 0 Å². The van der Waals surface area contributed by atoms with Crippen molar-refractivity contribution < 1.29 is 0 Å². The molecule has 1 aliphatic heterocycles. The van der Waals surface area contributed by atoms with Crippen molar-refractivity contribution in [3.05, 3.63) is 64.0 Å². The van der Waals surface area contributed by atoms with Crippen molar-refractivity contribution in [2.24, 2.45) is 0 Å². The second kappa shape index (κ2) is 5.38. The molecular weight excluding hydrogens is 278 g/mol. The van der Waals surface area contributed by atoms with E-state index in [1.54, 1.807) is 12.3 Å². The first-order valence-corrected chi connectivity index (χ1v) is 7.51. The zero-order valence-corrected chi connectivity index (χ0v) is 12.2. The van der Waals surface area contributed by atoms with Crippen molar-refractivity contribution in [2.75, 3.05) is 6.54 Å². The van der Waals surface area contributed by atoms with Gasteiger partial charge in [-0.2, -0.15) is 0 Å². The molecule has 0 spiro atoms. The number of hydrogen-bond donors (Lipinski definition) is 1. The largest absolute Gasteiger partial charge is 0.297 e. The summed E-state index contributed by atoms with van der Waals surface area (Å²) < 4.78 is 1.45. The van der Waals surface area contributed by atoms with Gasteiger partial charge in [0.25, 0.3) is 5.56 Å². The van der Waals surface area contributed by atoms with Gasteiger partial charge in [-0.25, -0.2) is 9.50 Å². The van der Waals surface area contributed by atoms with Gasteiger partial charge in [0.15, 0.2) is 5.65 Å². The fourth-order valence-corrected chi connectivity index (χ4v) is 3.05. The molecule has 0 saturated carbocycles. The van der Waals surface area contributed by atoms with Crippen LogP contribution in [0.25, 0.3) is 5.65 Å². The number of fused-ring (bicyclic) bond motifs is 2. The average molecular weight is 295 g/mol. The predicted octanol–water partition coefficient (Wildman–Crippen LogP) is 1.37. The Hall–Kier alpha value is -2.47. The third kappa shape index (κ3) is 2.42. The summed E-state index contributed by atoms with van der Waals surface area (Å²) in [6.45, 7) is 2.53. The molecule has 0 unspecified atom stereocenters. The zero-order valence-electron chi connectivity index (χ0n) is 12.2. The average Bonchev–Trinajstić information content (AvgIpc) is 2.88. The van der Waals surface area contributed by atoms with Gasteiger partial charge in [0, 0.05) is 43.3 Å². The van der Waals surface area contributed by atoms with Crippen LogP contribution in [-0.4, -0.2) is 31.0 Å². The Kier molecular flexibility index (Phi) is 3.23. The molecule has 4 heterocycles. The van der Waals surface area contributed by atoms with Crippen LogP contribution >= 0.6 is 0 Å². The fourth-order valence-electron chi connectivity index (χ4n) is 3.05. The van der Waals surface area contributed by atoms with Crippen LogP contribution in [0.5, 0.6) is 0 Å². The van der Waals surface area contributed by atoms with Gasteiger partial charge in [-0.15, -0.1) is 0 Å². The summed E-state index contributed by atoms with van der Waals surface area (Å²) in [5.74, 6) is 0. The van der Waals surface area contributed by atoms with Crippen LogP contribution < -0.4 is 5.56 Å². The number of pyridine rings is 1. The second-order valence-corrected chi connectivity index (χ2v) is 5.67. The van der Waals surface area contributed by atoms with E-state index in [9.17, 15) is 4.79 Å². The third-order valence-electron chi connectivity index (χ3n) is 4.09. The molecule has 0 bridgehead atoms. The Balaban J connectivity index is 1.61. The highest BCUT2D eigenvalue weighted by Crippen LogP contribution is 2.17. The van der Waals surface area contributed by atoms with E-state index >= 15 is 0 Å². The van der Waals surface area contributed by atoms with Crippen LogP contribution in [0.4, 0.5) is 0 Å². The minimum absolute atomic E-state index is 0.0677. The highest BCUT2D eigenvalue weighted by molar-refractivity contribution is 5.36. The molecule has 0 amide bonds. The van der Waals surface area contributed by atoms with Gasteiger partial charge >= 0.3 is 0 Å². The van der Waals surface area contributed by atoms with Crippen molar-refractivity contribution >= 4 is 5.65 Å². The monoisotopic (exact) mass is 295 g/mol. The second-order valence-electron chi connectivity index (χ2n) is 5.67. The van der Waals surface area contributed by atoms with E-state index < -0.39 is 0 Å². The number of H-pyrrole nitrogens is 1. The highest BCUT2D eigenvalue weighted by atomic mass is 16.1. The number of hydrogen-bond acceptors (Lipinski definition) is 4. The van der Waals surface area contributed by atoms with Gasteiger partial charge in [-0.05, 0) is 31.0 Å². The van der Waals surface area contributed by atoms with Crippen molar-refractivity contribution in [3.8, 4) is 0 Å². The van der Waals surface area contributed by atoms with E-state index in [2.05, 4.69) is 26.0 Å². The lowest BCUT2D eigenvalue weighted by Gasteiger charge is -2.19. The highest BCUT2D eigenvalue weighted by Gasteiger charge is 2.16. The van der Waals surface area contributed by atoms with E-state index in [4.69, 9.17) is 0 Å². The molecule has 22 heavy (non-hydrogen) atoms. The minimum atomic E-state index is -0.0677. The first-order valence-electron chi connectivity index (χ1n) is 7.51. The molecule has 6 heteroatoms. The lowest BCUT2D eigenvalue weighted by Crippen LogP contribution is -2.25. The molecule has 3 aromatic rings. The number of aromatic nitrogens is 4. The van der Waals surface area contributed by atoms with E-state index in [0.29, 0.717) is 12.2 Å². The Morgan fingerprint density at radius 1 is 1.32 bits per heavy atom. The van der Waals surface area contributed by atoms with Gasteiger partial charge in [0.1, 0.15) is 0 Å². The topological polar surface area (TPSA) is 66.3 Å². The van der Waals surface area contributed by atoms with Gasteiger partial charge in [0.05, 0.1) is 5.69 Å². The zero-order chi connectivity index (χ0) is 14.9. The summed E-state index contributed by atoms with van der Waals surface area (Å²) in [6, 6.07) is 7.54. The number of rotatable bonds is 2. The summed E-state index contributed by atoms with van der Waals surface area (Å²) >= 11 is 0. The standard InChI is InChI=1S/C16H17N5O/c22-16-9-13(19-15-5-7-18-21(15)16)11-20-8-2-4-14-12(10-20)3-1-6-17-14/h1,3,5-7,9,18H,2,4,8,10-11H2. The summed E-state index contributed by atoms with van der Waals surface area (Å²) in [5, 5.41) is 2.86. The summed E-state index contributed by atoms with van der Waals surface area (Å²) in [5.41, 5.74) is 3.89. The normalized spacial score (nSPS) is 15.6. The number of aromatic amines is 1. The molecule has 0 aromatic carbocycles. The molecule has 4 rings (SSSR count). The van der Waals surface area contributed by atoms with E-state index in [1.807, 2.05) is 18.3 Å². The molecule has 112 valence electrons. The maximum absolute atomic E-state index is 12.0. The van der Waals surface area contributed by atoms with E-state index in [-0.39, 0.29) is 5.56 Å². The molecule has 6 nitrogen and oxygen atoms in total. The Bertz CT molecular complexity index is 866.